The fraction of sp³-hybridized carbons (Fsp3) is 0.500. The lowest BCUT2D eigenvalue weighted by molar-refractivity contribution is 0.0709. The van der Waals surface area contributed by atoms with Crippen LogP contribution in [0.1, 0.15) is 18.9 Å². The van der Waals surface area contributed by atoms with Gasteiger partial charge in [0.2, 0.25) is 0 Å². The second-order valence-electron chi connectivity index (χ2n) is 3.75. The van der Waals surface area contributed by atoms with Gasteiger partial charge in [-0.3, -0.25) is 0 Å². The molecule has 0 fully saturated rings. The van der Waals surface area contributed by atoms with Crippen LogP contribution < -0.4 is 0 Å². The topological polar surface area (TPSA) is 40.5 Å². The Labute approximate surface area is 85.2 Å². The Kier molecular flexibility index (Phi) is 4.63. The molecule has 2 heteroatoms. The Morgan fingerprint density at radius 3 is 2.43 bits per heavy atom. The number of aryl methyl sites for hydroxylation is 1. The molecule has 2 N–H and O–H groups in total. The summed E-state index contributed by atoms with van der Waals surface area (Å²) in [4.78, 5) is 0. The quantitative estimate of drug-likeness (QED) is 0.747. The lowest BCUT2D eigenvalue weighted by Crippen LogP contribution is -2.21. The summed E-state index contributed by atoms with van der Waals surface area (Å²) in [6.07, 6.45) is 1.18. The second kappa shape index (κ2) is 5.78. The molecule has 2 unspecified atom stereocenters. The van der Waals surface area contributed by atoms with Gasteiger partial charge in [-0.05, 0) is 18.4 Å². The molecule has 1 aromatic carbocycles. The van der Waals surface area contributed by atoms with Crippen molar-refractivity contribution in [1.82, 2.24) is 0 Å². The van der Waals surface area contributed by atoms with Gasteiger partial charge >= 0.3 is 0 Å². The second-order valence-corrected chi connectivity index (χ2v) is 3.75. The molecule has 0 aromatic heterocycles. The van der Waals surface area contributed by atoms with Gasteiger partial charge in [0.1, 0.15) is 0 Å². The third-order valence-corrected chi connectivity index (χ3v) is 2.52. The lowest BCUT2D eigenvalue weighted by atomic mass is 9.99. The number of rotatable bonds is 5. The molecule has 0 radical (unpaired) electrons. The molecule has 2 atom stereocenters. The van der Waals surface area contributed by atoms with Crippen molar-refractivity contribution in [2.24, 2.45) is 5.92 Å². The summed E-state index contributed by atoms with van der Waals surface area (Å²) in [5, 5.41) is 18.5. The van der Waals surface area contributed by atoms with Crippen molar-refractivity contribution in [3.8, 4) is 0 Å². The molecule has 78 valence electrons. The van der Waals surface area contributed by atoms with E-state index in [0.717, 1.165) is 6.42 Å². The van der Waals surface area contributed by atoms with Crippen LogP contribution in [0.3, 0.4) is 0 Å². The minimum Gasteiger partial charge on any atom is -0.396 e. The highest BCUT2D eigenvalue weighted by molar-refractivity contribution is 5.14. The number of hydrogen-bond donors (Lipinski definition) is 2. The largest absolute Gasteiger partial charge is 0.396 e. The number of aliphatic hydroxyl groups excluding tert-OH is 2. The molecular weight excluding hydrogens is 176 g/mol. The third-order valence-electron chi connectivity index (χ3n) is 2.52. The van der Waals surface area contributed by atoms with Crippen LogP contribution in [-0.2, 0) is 6.42 Å². The average molecular weight is 194 g/mol. The molecule has 0 saturated carbocycles. The smallest absolute Gasteiger partial charge is 0.0590 e. The SMILES string of the molecule is CC(CO)C(O)CCc1ccccc1. The summed E-state index contributed by atoms with van der Waals surface area (Å²) in [5.41, 5.74) is 1.23. The number of hydrogen-bond acceptors (Lipinski definition) is 2. The van der Waals surface area contributed by atoms with Crippen LogP contribution in [0, 0.1) is 5.92 Å². The van der Waals surface area contributed by atoms with E-state index in [2.05, 4.69) is 12.1 Å². The molecular formula is C12H18O2. The minimum atomic E-state index is -0.403. The Morgan fingerprint density at radius 2 is 1.86 bits per heavy atom. The van der Waals surface area contributed by atoms with E-state index in [1.54, 1.807) is 0 Å². The maximum absolute atomic E-state index is 9.62. The fourth-order valence-electron chi connectivity index (χ4n) is 1.37. The molecule has 14 heavy (non-hydrogen) atoms. The van der Waals surface area contributed by atoms with Gasteiger partial charge in [0.05, 0.1) is 6.10 Å². The zero-order valence-electron chi connectivity index (χ0n) is 8.56. The summed E-state index contributed by atoms with van der Waals surface area (Å²) < 4.78 is 0. The lowest BCUT2D eigenvalue weighted by Gasteiger charge is -2.15. The van der Waals surface area contributed by atoms with E-state index in [0.29, 0.717) is 6.42 Å². The van der Waals surface area contributed by atoms with Gasteiger partial charge in [-0.1, -0.05) is 37.3 Å². The van der Waals surface area contributed by atoms with Gasteiger partial charge in [-0.2, -0.15) is 0 Å². The first-order chi connectivity index (χ1) is 6.74. The number of aliphatic hydroxyl groups is 2. The molecule has 0 heterocycles. The molecule has 1 aromatic rings. The van der Waals surface area contributed by atoms with Crippen LogP contribution in [0.5, 0.6) is 0 Å². The normalized spacial score (nSPS) is 15.1. The van der Waals surface area contributed by atoms with E-state index < -0.39 is 6.10 Å². The summed E-state index contributed by atoms with van der Waals surface area (Å²) >= 11 is 0. The maximum Gasteiger partial charge on any atom is 0.0590 e. The summed E-state index contributed by atoms with van der Waals surface area (Å²) in [6, 6.07) is 10.1. The molecule has 0 aliphatic heterocycles. The van der Waals surface area contributed by atoms with E-state index >= 15 is 0 Å². The highest BCUT2D eigenvalue weighted by atomic mass is 16.3. The van der Waals surface area contributed by atoms with Gasteiger partial charge < -0.3 is 10.2 Å². The summed E-state index contributed by atoms with van der Waals surface area (Å²) in [7, 11) is 0. The Hall–Kier alpha value is -0.860. The monoisotopic (exact) mass is 194 g/mol. The molecule has 0 bridgehead atoms. The van der Waals surface area contributed by atoms with Crippen molar-refractivity contribution < 1.29 is 10.2 Å². The van der Waals surface area contributed by atoms with Crippen LogP contribution >= 0.6 is 0 Å². The average Bonchev–Trinajstić information content (AvgIpc) is 2.26. The van der Waals surface area contributed by atoms with Crippen LogP contribution in [0.25, 0.3) is 0 Å². The number of benzene rings is 1. The first-order valence-corrected chi connectivity index (χ1v) is 5.07. The molecule has 0 spiro atoms. The van der Waals surface area contributed by atoms with Gasteiger partial charge in [-0.15, -0.1) is 0 Å². The van der Waals surface area contributed by atoms with Crippen molar-refractivity contribution in [3.05, 3.63) is 35.9 Å². The minimum absolute atomic E-state index is 0.0290. The van der Waals surface area contributed by atoms with Crippen molar-refractivity contribution in [3.63, 3.8) is 0 Å². The molecule has 0 aliphatic rings. The fourth-order valence-corrected chi connectivity index (χ4v) is 1.37. The zero-order chi connectivity index (χ0) is 10.4. The third kappa shape index (κ3) is 3.48. The summed E-state index contributed by atoms with van der Waals surface area (Å²) in [6.45, 7) is 1.91. The predicted octanol–water partition coefficient (Wildman–Crippen LogP) is 1.61. The van der Waals surface area contributed by atoms with Crippen LogP contribution in [0.2, 0.25) is 0 Å². The van der Waals surface area contributed by atoms with Crippen LogP contribution in [-0.4, -0.2) is 22.9 Å². The Balaban J connectivity index is 2.34. The van der Waals surface area contributed by atoms with E-state index in [-0.39, 0.29) is 12.5 Å². The Morgan fingerprint density at radius 1 is 1.21 bits per heavy atom. The van der Waals surface area contributed by atoms with E-state index in [1.165, 1.54) is 5.56 Å². The first kappa shape index (κ1) is 11.2. The molecule has 0 amide bonds. The van der Waals surface area contributed by atoms with E-state index in [1.807, 2.05) is 25.1 Å². The van der Waals surface area contributed by atoms with Gasteiger partial charge in [0.25, 0.3) is 0 Å². The van der Waals surface area contributed by atoms with Crippen molar-refractivity contribution in [2.75, 3.05) is 6.61 Å². The van der Waals surface area contributed by atoms with E-state index in [9.17, 15) is 5.11 Å². The maximum atomic E-state index is 9.62. The van der Waals surface area contributed by atoms with Gasteiger partial charge in [0, 0.05) is 12.5 Å². The molecule has 2 nitrogen and oxygen atoms in total. The van der Waals surface area contributed by atoms with Crippen molar-refractivity contribution >= 4 is 0 Å². The Bertz CT molecular complexity index is 246. The highest BCUT2D eigenvalue weighted by Crippen LogP contribution is 2.10. The first-order valence-electron chi connectivity index (χ1n) is 5.07. The van der Waals surface area contributed by atoms with Gasteiger partial charge in [0.15, 0.2) is 0 Å². The zero-order valence-corrected chi connectivity index (χ0v) is 8.56. The molecule has 0 aliphatic carbocycles. The standard InChI is InChI=1S/C12H18O2/c1-10(9-13)12(14)8-7-11-5-3-2-4-6-11/h2-6,10,12-14H,7-9H2,1H3. The molecule has 0 saturated heterocycles. The van der Waals surface area contributed by atoms with Crippen LogP contribution in [0.15, 0.2) is 30.3 Å². The molecule has 1 rings (SSSR count). The van der Waals surface area contributed by atoms with Crippen molar-refractivity contribution in [2.45, 2.75) is 25.9 Å². The van der Waals surface area contributed by atoms with Crippen molar-refractivity contribution in [1.29, 1.82) is 0 Å². The van der Waals surface area contributed by atoms with E-state index in [4.69, 9.17) is 5.11 Å². The predicted molar refractivity (Wildman–Crippen MR) is 57.0 cm³/mol. The van der Waals surface area contributed by atoms with Gasteiger partial charge in [-0.25, -0.2) is 0 Å². The van der Waals surface area contributed by atoms with Crippen LogP contribution in [0.4, 0.5) is 0 Å². The summed E-state index contributed by atoms with van der Waals surface area (Å²) in [5.74, 6) is -0.0290. The highest BCUT2D eigenvalue weighted by Gasteiger charge is 2.12.